The van der Waals surface area contributed by atoms with Crippen LogP contribution in [0.25, 0.3) is 0 Å². The number of rotatable bonds is 3. The first-order chi connectivity index (χ1) is 10.3. The van der Waals surface area contributed by atoms with Crippen molar-refractivity contribution in [2.45, 2.75) is 18.2 Å². The Labute approximate surface area is 128 Å². The number of anilines is 2. The van der Waals surface area contributed by atoms with Crippen molar-refractivity contribution < 1.29 is 4.79 Å². The third-order valence-corrected chi connectivity index (χ3v) is 4.29. The van der Waals surface area contributed by atoms with Crippen molar-refractivity contribution in [1.82, 2.24) is 4.98 Å². The molecule has 2 amide bonds. The Balaban J connectivity index is 1.76. The Kier molecular flexibility index (Phi) is 4.10. The van der Waals surface area contributed by atoms with Gasteiger partial charge in [-0.2, -0.15) is 0 Å². The zero-order valence-electron chi connectivity index (χ0n) is 11.9. The number of hydrogen-bond acceptors (Lipinski definition) is 3. The minimum Gasteiger partial charge on any atom is -0.306 e. The third-order valence-electron chi connectivity index (χ3n) is 3.42. The summed E-state index contributed by atoms with van der Waals surface area (Å²) in [5.41, 5.74) is 2.97. The molecule has 3 rings (SSSR count). The second kappa shape index (κ2) is 6.18. The molecule has 108 valence electrons. The molecule has 0 radical (unpaired) electrons. The highest BCUT2D eigenvalue weighted by Gasteiger charge is 2.24. The molecule has 1 aromatic carbocycles. The number of nitrogens with one attached hydrogen (secondary N) is 1. The molecule has 0 atom stereocenters. The number of urea groups is 1. The van der Waals surface area contributed by atoms with Crippen LogP contribution in [0.3, 0.4) is 0 Å². The molecule has 0 saturated carbocycles. The van der Waals surface area contributed by atoms with Gasteiger partial charge in [-0.05, 0) is 48.1 Å². The van der Waals surface area contributed by atoms with Gasteiger partial charge in [0, 0.05) is 23.3 Å². The highest BCUT2D eigenvalue weighted by Crippen LogP contribution is 2.32. The van der Waals surface area contributed by atoms with Crippen LogP contribution in [0.5, 0.6) is 0 Å². The number of hydrogen-bond donors (Lipinski definition) is 1. The van der Waals surface area contributed by atoms with Gasteiger partial charge in [0.25, 0.3) is 0 Å². The third kappa shape index (κ3) is 3.03. The Morgan fingerprint density at radius 2 is 2.33 bits per heavy atom. The number of carbonyl (C=O) groups is 1. The Bertz CT molecular complexity index is 645. The van der Waals surface area contributed by atoms with Crippen LogP contribution >= 0.6 is 11.8 Å². The highest BCUT2D eigenvalue weighted by molar-refractivity contribution is 7.99. The lowest BCUT2D eigenvalue weighted by molar-refractivity contribution is 0.257. The predicted molar refractivity (Wildman–Crippen MR) is 87.1 cm³/mol. The van der Waals surface area contributed by atoms with E-state index in [4.69, 9.17) is 0 Å². The number of pyridine rings is 1. The first kappa shape index (κ1) is 13.9. The van der Waals surface area contributed by atoms with E-state index in [0.29, 0.717) is 5.69 Å². The van der Waals surface area contributed by atoms with Gasteiger partial charge in [0.1, 0.15) is 0 Å². The molecule has 0 saturated heterocycles. The average molecular weight is 299 g/mol. The fraction of sp³-hybridized carbons (Fsp3) is 0.250. The van der Waals surface area contributed by atoms with Gasteiger partial charge in [-0.3, -0.25) is 9.88 Å². The van der Waals surface area contributed by atoms with Gasteiger partial charge in [-0.15, -0.1) is 11.8 Å². The number of aromatic nitrogens is 1. The number of thioether (sulfide) groups is 1. The van der Waals surface area contributed by atoms with Gasteiger partial charge < -0.3 is 5.32 Å². The summed E-state index contributed by atoms with van der Waals surface area (Å²) in [5, 5.41) is 2.88. The van der Waals surface area contributed by atoms with Crippen LogP contribution in [0.15, 0.2) is 47.6 Å². The summed E-state index contributed by atoms with van der Waals surface area (Å²) in [6, 6.07) is 9.87. The largest absolute Gasteiger partial charge is 0.326 e. The number of carbonyl (C=O) groups excluding carboxylic acids is 1. The molecule has 1 aliphatic rings. The van der Waals surface area contributed by atoms with E-state index >= 15 is 0 Å². The molecule has 1 aliphatic heterocycles. The van der Waals surface area contributed by atoms with Gasteiger partial charge in [0.15, 0.2) is 0 Å². The quantitative estimate of drug-likeness (QED) is 0.877. The van der Waals surface area contributed by atoms with E-state index in [1.807, 2.05) is 30.0 Å². The molecule has 1 aromatic heterocycles. The van der Waals surface area contributed by atoms with Crippen molar-refractivity contribution in [3.05, 3.63) is 48.3 Å². The molecular weight excluding hydrogens is 282 g/mol. The molecular formula is C16H17N3OS. The van der Waals surface area contributed by atoms with Gasteiger partial charge in [-0.1, -0.05) is 6.92 Å². The number of amides is 2. The maximum atomic E-state index is 12.4. The SMILES string of the molecule is CCSc1ccc2c(c1)CCN2C(=O)Nc1cccnc1. The van der Waals surface area contributed by atoms with Gasteiger partial charge >= 0.3 is 6.03 Å². The lowest BCUT2D eigenvalue weighted by Gasteiger charge is -2.18. The normalized spacial score (nSPS) is 13.1. The van der Waals surface area contributed by atoms with Crippen molar-refractivity contribution in [3.8, 4) is 0 Å². The summed E-state index contributed by atoms with van der Waals surface area (Å²) in [7, 11) is 0. The highest BCUT2D eigenvalue weighted by atomic mass is 32.2. The molecule has 0 unspecified atom stereocenters. The molecule has 0 fully saturated rings. The van der Waals surface area contributed by atoms with Crippen LogP contribution in [0, 0.1) is 0 Å². The minimum absolute atomic E-state index is 0.0994. The monoisotopic (exact) mass is 299 g/mol. The summed E-state index contributed by atoms with van der Waals surface area (Å²) in [5.74, 6) is 1.06. The summed E-state index contributed by atoms with van der Waals surface area (Å²) in [4.78, 5) is 19.4. The fourth-order valence-corrected chi connectivity index (χ4v) is 3.20. The topological polar surface area (TPSA) is 45.2 Å². The van der Waals surface area contributed by atoms with Gasteiger partial charge in [0.05, 0.1) is 11.9 Å². The molecule has 0 bridgehead atoms. The molecule has 2 heterocycles. The van der Waals surface area contributed by atoms with E-state index in [-0.39, 0.29) is 6.03 Å². The maximum absolute atomic E-state index is 12.4. The zero-order valence-corrected chi connectivity index (χ0v) is 12.7. The van der Waals surface area contributed by atoms with Gasteiger partial charge in [0.2, 0.25) is 0 Å². The second-order valence-corrected chi connectivity index (χ2v) is 6.13. The smallest absolute Gasteiger partial charge is 0.306 e. The summed E-state index contributed by atoms with van der Waals surface area (Å²) < 4.78 is 0. The van der Waals surface area contributed by atoms with E-state index < -0.39 is 0 Å². The summed E-state index contributed by atoms with van der Waals surface area (Å²) in [6.07, 6.45) is 4.25. The molecule has 0 aliphatic carbocycles. The van der Waals surface area contributed by atoms with Crippen molar-refractivity contribution in [3.63, 3.8) is 0 Å². The lowest BCUT2D eigenvalue weighted by Crippen LogP contribution is -2.33. The minimum atomic E-state index is -0.0994. The molecule has 5 heteroatoms. The Morgan fingerprint density at radius 3 is 3.10 bits per heavy atom. The van der Waals surface area contributed by atoms with Crippen molar-refractivity contribution in [2.24, 2.45) is 0 Å². The first-order valence-electron chi connectivity index (χ1n) is 7.02. The summed E-state index contributed by atoms with van der Waals surface area (Å²) in [6.45, 7) is 2.87. The van der Waals surface area contributed by atoms with E-state index in [9.17, 15) is 4.79 Å². The number of benzene rings is 1. The van der Waals surface area contributed by atoms with Gasteiger partial charge in [-0.25, -0.2) is 4.79 Å². The molecule has 1 N–H and O–H groups in total. The standard InChI is InChI=1S/C16H17N3OS/c1-2-21-14-5-6-15-12(10-14)7-9-19(15)16(20)18-13-4-3-8-17-11-13/h3-6,8,10-11H,2,7,9H2,1H3,(H,18,20). The van der Waals surface area contributed by atoms with Crippen molar-refractivity contribution in [1.29, 1.82) is 0 Å². The number of fused-ring (bicyclic) bond motifs is 1. The Morgan fingerprint density at radius 1 is 1.43 bits per heavy atom. The van der Waals surface area contributed by atoms with E-state index in [2.05, 4.69) is 29.4 Å². The molecule has 0 spiro atoms. The van der Waals surface area contributed by atoms with Crippen molar-refractivity contribution >= 4 is 29.2 Å². The van der Waals surface area contributed by atoms with Crippen LogP contribution in [0.4, 0.5) is 16.2 Å². The number of nitrogens with zero attached hydrogens (tertiary/aromatic N) is 2. The van der Waals surface area contributed by atoms with Crippen LogP contribution < -0.4 is 10.2 Å². The molecule has 2 aromatic rings. The van der Waals surface area contributed by atoms with Crippen LogP contribution in [-0.4, -0.2) is 23.3 Å². The molecule has 21 heavy (non-hydrogen) atoms. The zero-order chi connectivity index (χ0) is 14.7. The van der Waals surface area contributed by atoms with E-state index in [0.717, 1.165) is 24.4 Å². The Hall–Kier alpha value is -2.01. The maximum Gasteiger partial charge on any atom is 0.326 e. The van der Waals surface area contributed by atoms with Crippen molar-refractivity contribution in [2.75, 3.05) is 22.5 Å². The van der Waals surface area contributed by atoms with Crippen LogP contribution in [-0.2, 0) is 6.42 Å². The summed E-state index contributed by atoms with van der Waals surface area (Å²) >= 11 is 1.83. The van der Waals surface area contributed by atoms with E-state index in [1.165, 1.54) is 10.5 Å². The lowest BCUT2D eigenvalue weighted by atomic mass is 10.2. The molecule has 4 nitrogen and oxygen atoms in total. The predicted octanol–water partition coefficient (Wildman–Crippen LogP) is 3.79. The second-order valence-electron chi connectivity index (χ2n) is 4.80. The van der Waals surface area contributed by atoms with Crippen LogP contribution in [0.1, 0.15) is 12.5 Å². The average Bonchev–Trinajstić information content (AvgIpc) is 2.92. The van der Waals surface area contributed by atoms with Crippen LogP contribution in [0.2, 0.25) is 0 Å². The van der Waals surface area contributed by atoms with E-state index in [1.54, 1.807) is 17.3 Å². The first-order valence-corrected chi connectivity index (χ1v) is 8.01. The fourth-order valence-electron chi connectivity index (χ4n) is 2.47.